The van der Waals surface area contributed by atoms with E-state index in [1.54, 1.807) is 49.4 Å². The summed E-state index contributed by atoms with van der Waals surface area (Å²) in [6.45, 7) is 4.01. The zero-order valence-electron chi connectivity index (χ0n) is 19.6. The summed E-state index contributed by atoms with van der Waals surface area (Å²) in [5.41, 5.74) is -0.161. The van der Waals surface area contributed by atoms with Crippen LogP contribution in [0.3, 0.4) is 0 Å². The van der Waals surface area contributed by atoms with Gasteiger partial charge >= 0.3 is 17.3 Å². The zero-order chi connectivity index (χ0) is 25.5. The third-order valence-electron chi connectivity index (χ3n) is 5.11. The van der Waals surface area contributed by atoms with E-state index in [4.69, 9.17) is 32.7 Å². The van der Waals surface area contributed by atoms with Crippen molar-refractivity contribution < 1.29 is 14.3 Å². The molecule has 0 saturated carbocycles. The number of nitrogens with one attached hydrogen (secondary N) is 1. The highest BCUT2D eigenvalue weighted by atomic mass is 35.5. The second-order valence-electron chi connectivity index (χ2n) is 7.87. The molecule has 0 aliphatic heterocycles. The first-order chi connectivity index (χ1) is 16.7. The van der Waals surface area contributed by atoms with Crippen molar-refractivity contribution in [1.82, 2.24) is 14.1 Å². The summed E-state index contributed by atoms with van der Waals surface area (Å²) in [6.07, 6.45) is 0.835. The Bertz CT molecular complexity index is 1300. The first-order valence-electron chi connectivity index (χ1n) is 11.0. The van der Waals surface area contributed by atoms with Gasteiger partial charge in [0.25, 0.3) is 0 Å². The number of carbonyl (C=O) groups excluding carboxylic acids is 1. The smallest absolute Gasteiger partial charge is 0.354 e. The van der Waals surface area contributed by atoms with Crippen LogP contribution in [0.15, 0.2) is 52.1 Å². The lowest BCUT2D eigenvalue weighted by molar-refractivity contribution is -0.145. The van der Waals surface area contributed by atoms with Crippen LogP contribution in [-0.4, -0.2) is 33.8 Å². The van der Waals surface area contributed by atoms with Gasteiger partial charge in [0.15, 0.2) is 0 Å². The van der Waals surface area contributed by atoms with Crippen molar-refractivity contribution in [1.29, 1.82) is 0 Å². The number of methoxy groups -OCH3 is 1. The molecule has 1 atom stereocenters. The largest absolute Gasteiger partial charge is 0.492 e. The number of rotatable bonds is 10. The van der Waals surface area contributed by atoms with Crippen LogP contribution in [0.25, 0.3) is 0 Å². The molecule has 11 heteroatoms. The summed E-state index contributed by atoms with van der Waals surface area (Å²) in [5, 5.41) is 3.93. The van der Waals surface area contributed by atoms with Gasteiger partial charge in [0.1, 0.15) is 5.75 Å². The van der Waals surface area contributed by atoms with E-state index in [1.807, 2.05) is 6.92 Å². The predicted octanol–water partition coefficient (Wildman–Crippen LogP) is 4.10. The second kappa shape index (κ2) is 11.9. The molecule has 0 radical (unpaired) electrons. The normalized spacial score (nSPS) is 11.7. The van der Waals surface area contributed by atoms with Gasteiger partial charge < -0.3 is 14.8 Å². The molecule has 0 aliphatic carbocycles. The minimum atomic E-state index is -0.797. The Labute approximate surface area is 212 Å². The average molecular weight is 521 g/mol. The average Bonchev–Trinajstić information content (AvgIpc) is 2.84. The number of carbonyl (C=O) groups is 1. The van der Waals surface area contributed by atoms with Gasteiger partial charge in [-0.15, -0.1) is 0 Å². The molecule has 1 N–H and O–H groups in total. The van der Waals surface area contributed by atoms with Crippen LogP contribution < -0.4 is 21.4 Å². The number of hydrogen-bond acceptors (Lipinski definition) is 7. The van der Waals surface area contributed by atoms with E-state index >= 15 is 0 Å². The lowest BCUT2D eigenvalue weighted by Gasteiger charge is -2.17. The molecule has 0 aliphatic rings. The number of anilines is 2. The monoisotopic (exact) mass is 520 g/mol. The van der Waals surface area contributed by atoms with Crippen molar-refractivity contribution in [2.75, 3.05) is 19.0 Å². The van der Waals surface area contributed by atoms with Gasteiger partial charge in [0.05, 0.1) is 31.2 Å². The maximum Gasteiger partial charge on any atom is 0.354 e. The Morgan fingerprint density at radius 3 is 2.46 bits per heavy atom. The molecule has 0 saturated heterocycles. The minimum Gasteiger partial charge on any atom is -0.492 e. The lowest BCUT2D eigenvalue weighted by atomic mass is 10.2. The Balaban J connectivity index is 2.03. The SMILES string of the molecule is CCCOc1ccc(Nc2nc(=O)n(C[C@H](C)C(=O)OC)c(=O)n2Cc2ccc(Cl)cc2)cc1Cl. The van der Waals surface area contributed by atoms with Gasteiger partial charge in [0, 0.05) is 17.3 Å². The van der Waals surface area contributed by atoms with Gasteiger partial charge in [-0.2, -0.15) is 4.98 Å². The summed E-state index contributed by atoms with van der Waals surface area (Å²) >= 11 is 12.3. The summed E-state index contributed by atoms with van der Waals surface area (Å²) in [4.78, 5) is 42.1. The summed E-state index contributed by atoms with van der Waals surface area (Å²) in [5.74, 6) is -0.708. The number of halogens is 2. The first-order valence-corrected chi connectivity index (χ1v) is 11.7. The number of hydrogen-bond donors (Lipinski definition) is 1. The van der Waals surface area contributed by atoms with E-state index in [9.17, 15) is 14.4 Å². The number of nitrogens with zero attached hydrogens (tertiary/aromatic N) is 3. The van der Waals surface area contributed by atoms with Crippen molar-refractivity contribution in [3.8, 4) is 5.75 Å². The maximum atomic E-state index is 13.4. The summed E-state index contributed by atoms with van der Waals surface area (Å²) in [7, 11) is 1.25. The van der Waals surface area contributed by atoms with E-state index in [0.717, 1.165) is 16.6 Å². The topological polar surface area (TPSA) is 104 Å². The first kappa shape index (κ1) is 26.3. The van der Waals surface area contributed by atoms with Crippen LogP contribution in [-0.2, 0) is 22.6 Å². The van der Waals surface area contributed by atoms with Crippen LogP contribution in [0, 0.1) is 5.92 Å². The van der Waals surface area contributed by atoms with Crippen LogP contribution in [0.4, 0.5) is 11.6 Å². The standard InChI is InChI=1S/C24H26Cl2N4O5/c1-4-11-35-20-10-9-18(12-19(20)26)27-22-28-23(32)30(13-15(2)21(31)34-3)24(33)29(22)14-16-5-7-17(25)8-6-16/h5-10,12,15H,4,11,13-14H2,1-3H3,(H,27,28,32)/t15-/m0/s1. The molecule has 186 valence electrons. The van der Waals surface area contributed by atoms with Crippen molar-refractivity contribution in [2.24, 2.45) is 5.92 Å². The van der Waals surface area contributed by atoms with E-state index in [0.29, 0.717) is 28.1 Å². The number of benzene rings is 2. The fourth-order valence-electron chi connectivity index (χ4n) is 3.28. The second-order valence-corrected chi connectivity index (χ2v) is 8.71. The zero-order valence-corrected chi connectivity index (χ0v) is 21.1. The van der Waals surface area contributed by atoms with E-state index in [2.05, 4.69) is 10.3 Å². The minimum absolute atomic E-state index is 0.0233. The Morgan fingerprint density at radius 2 is 1.83 bits per heavy atom. The number of ether oxygens (including phenoxy) is 2. The van der Waals surface area contributed by atoms with Crippen LogP contribution in [0.5, 0.6) is 5.75 Å². The number of aromatic nitrogens is 3. The molecule has 2 aromatic carbocycles. The van der Waals surface area contributed by atoms with E-state index in [-0.39, 0.29) is 19.0 Å². The number of esters is 1. The third-order valence-corrected chi connectivity index (χ3v) is 5.66. The van der Waals surface area contributed by atoms with Crippen molar-refractivity contribution in [3.63, 3.8) is 0 Å². The highest BCUT2D eigenvalue weighted by molar-refractivity contribution is 6.32. The Hall–Kier alpha value is -3.30. The van der Waals surface area contributed by atoms with E-state index < -0.39 is 23.3 Å². The van der Waals surface area contributed by atoms with Gasteiger partial charge in [-0.25, -0.2) is 14.2 Å². The highest BCUT2D eigenvalue weighted by Crippen LogP contribution is 2.29. The summed E-state index contributed by atoms with van der Waals surface area (Å²) in [6, 6.07) is 12.0. The molecule has 1 heterocycles. The molecule has 3 aromatic rings. The van der Waals surface area contributed by atoms with Gasteiger partial charge in [-0.05, 0) is 42.3 Å². The lowest BCUT2D eigenvalue weighted by Crippen LogP contribution is -2.44. The van der Waals surface area contributed by atoms with Crippen LogP contribution in [0.2, 0.25) is 10.0 Å². The predicted molar refractivity (Wildman–Crippen MR) is 135 cm³/mol. The van der Waals surface area contributed by atoms with E-state index in [1.165, 1.54) is 11.7 Å². The molecule has 0 unspecified atom stereocenters. The molecule has 35 heavy (non-hydrogen) atoms. The fourth-order valence-corrected chi connectivity index (χ4v) is 3.64. The Morgan fingerprint density at radius 1 is 1.11 bits per heavy atom. The molecule has 0 bridgehead atoms. The quantitative estimate of drug-likeness (QED) is 0.401. The highest BCUT2D eigenvalue weighted by Gasteiger charge is 2.20. The van der Waals surface area contributed by atoms with Crippen LogP contribution in [0.1, 0.15) is 25.8 Å². The van der Waals surface area contributed by atoms with Crippen molar-refractivity contribution in [2.45, 2.75) is 33.4 Å². The van der Waals surface area contributed by atoms with Crippen molar-refractivity contribution >= 4 is 40.8 Å². The molecular weight excluding hydrogens is 495 g/mol. The Kier molecular flexibility index (Phi) is 8.95. The summed E-state index contributed by atoms with van der Waals surface area (Å²) < 4.78 is 12.5. The molecule has 1 aromatic heterocycles. The molecule has 3 rings (SSSR count). The molecule has 0 fully saturated rings. The molecular formula is C24H26Cl2N4O5. The maximum absolute atomic E-state index is 13.4. The van der Waals surface area contributed by atoms with Crippen molar-refractivity contribution in [3.05, 3.63) is 79.0 Å². The third kappa shape index (κ3) is 6.64. The van der Waals surface area contributed by atoms with Gasteiger partial charge in [-0.1, -0.05) is 49.2 Å². The molecule has 0 spiro atoms. The van der Waals surface area contributed by atoms with Gasteiger partial charge in [0.2, 0.25) is 5.95 Å². The fraction of sp³-hybridized carbons (Fsp3) is 0.333. The molecule has 9 nitrogen and oxygen atoms in total. The van der Waals surface area contributed by atoms with Gasteiger partial charge in [-0.3, -0.25) is 9.36 Å². The van der Waals surface area contributed by atoms with Crippen LogP contribution >= 0.6 is 23.2 Å². The molecule has 0 amide bonds.